The van der Waals surface area contributed by atoms with Crippen LogP contribution in [0.3, 0.4) is 0 Å². The largest absolute Gasteiger partial charge is 0.294 e. The van der Waals surface area contributed by atoms with Crippen LogP contribution in [0.25, 0.3) is 0 Å². The van der Waals surface area contributed by atoms with Crippen molar-refractivity contribution in [3.63, 3.8) is 0 Å². The van der Waals surface area contributed by atoms with Crippen molar-refractivity contribution in [2.45, 2.75) is 18.1 Å². The highest BCUT2D eigenvalue weighted by atomic mass is 32.2. The van der Waals surface area contributed by atoms with E-state index in [4.69, 9.17) is 0 Å². The molecule has 0 bridgehead atoms. The monoisotopic (exact) mass is 142 g/mol. The average Bonchev–Trinajstić information content (AvgIpc) is 1.89. The molecule has 0 amide bonds. The lowest BCUT2D eigenvalue weighted by molar-refractivity contribution is -0.114. The summed E-state index contributed by atoms with van der Waals surface area (Å²) in [5.74, 6) is 0.286. The fourth-order valence-electron chi connectivity index (χ4n) is 0.931. The zero-order valence-electron chi connectivity index (χ0n) is 5.46. The molecule has 50 valence electrons. The Kier molecular flexibility index (Phi) is 2.34. The van der Waals surface area contributed by atoms with Gasteiger partial charge in [0.1, 0.15) is 0 Å². The second-order valence-electron chi connectivity index (χ2n) is 2.11. The van der Waals surface area contributed by atoms with Crippen LogP contribution in [-0.2, 0) is 4.79 Å². The number of carbonyl (C=O) groups is 1. The number of carbonyl (C=O) groups excluding carboxylic acids is 1. The molecule has 0 radical (unpaired) electrons. The summed E-state index contributed by atoms with van der Waals surface area (Å²) in [4.78, 5) is 10.9. The van der Waals surface area contributed by atoms with E-state index in [2.05, 4.69) is 0 Å². The zero-order valence-corrected chi connectivity index (χ0v) is 6.28. The number of thioether (sulfide) groups is 1. The van der Waals surface area contributed by atoms with Gasteiger partial charge in [0.15, 0.2) is 5.78 Å². The lowest BCUT2D eigenvalue weighted by atomic mass is 10.1. The fourth-order valence-corrected chi connectivity index (χ4v) is 1.61. The van der Waals surface area contributed by atoms with Gasteiger partial charge < -0.3 is 0 Å². The molecule has 0 aliphatic heterocycles. The van der Waals surface area contributed by atoms with Crippen molar-refractivity contribution in [2.75, 3.05) is 6.26 Å². The van der Waals surface area contributed by atoms with Gasteiger partial charge in [-0.3, -0.25) is 4.79 Å². The Balaban J connectivity index is 2.55. The van der Waals surface area contributed by atoms with Gasteiger partial charge in [-0.2, -0.15) is 11.8 Å². The second kappa shape index (κ2) is 3.06. The molecule has 1 aliphatic carbocycles. The minimum absolute atomic E-state index is 0.245. The van der Waals surface area contributed by atoms with Crippen molar-refractivity contribution < 1.29 is 4.79 Å². The Morgan fingerprint density at radius 3 is 3.00 bits per heavy atom. The fraction of sp³-hybridized carbons (Fsp3) is 0.571. The van der Waals surface area contributed by atoms with Crippen LogP contribution in [0.15, 0.2) is 12.2 Å². The third-order valence-corrected chi connectivity index (χ3v) is 2.52. The molecule has 0 aromatic heterocycles. The first-order valence-corrected chi connectivity index (χ1v) is 4.36. The number of allylic oxidation sites excluding steroid dienone is 2. The van der Waals surface area contributed by atoms with E-state index in [0.29, 0.717) is 0 Å². The maximum Gasteiger partial charge on any atom is 0.168 e. The van der Waals surface area contributed by atoms with Crippen LogP contribution in [0.1, 0.15) is 12.8 Å². The van der Waals surface area contributed by atoms with Gasteiger partial charge in [-0.1, -0.05) is 6.08 Å². The van der Waals surface area contributed by atoms with Crippen LogP contribution in [-0.4, -0.2) is 17.3 Å². The van der Waals surface area contributed by atoms with E-state index in [1.807, 2.05) is 12.3 Å². The first-order chi connectivity index (χ1) is 4.34. The van der Waals surface area contributed by atoms with Crippen molar-refractivity contribution in [3.05, 3.63) is 12.2 Å². The number of hydrogen-bond acceptors (Lipinski definition) is 2. The Morgan fingerprint density at radius 1 is 1.78 bits per heavy atom. The first kappa shape index (κ1) is 6.87. The normalized spacial score (nSPS) is 26.8. The highest BCUT2D eigenvalue weighted by molar-refractivity contribution is 7.99. The van der Waals surface area contributed by atoms with Crippen LogP contribution in [0.2, 0.25) is 0 Å². The number of ketones is 1. The van der Waals surface area contributed by atoms with Crippen molar-refractivity contribution in [1.29, 1.82) is 0 Å². The molecule has 1 unspecified atom stereocenters. The molecular formula is C7H10OS. The first-order valence-electron chi connectivity index (χ1n) is 3.08. The Labute approximate surface area is 59.5 Å². The third kappa shape index (κ3) is 1.58. The number of rotatable bonds is 1. The predicted octanol–water partition coefficient (Wildman–Crippen LogP) is 1.64. The van der Waals surface area contributed by atoms with Crippen molar-refractivity contribution in [2.24, 2.45) is 0 Å². The van der Waals surface area contributed by atoms with Crippen molar-refractivity contribution in [1.82, 2.24) is 0 Å². The molecule has 0 N–H and O–H groups in total. The van der Waals surface area contributed by atoms with Crippen LogP contribution < -0.4 is 0 Å². The molecule has 9 heavy (non-hydrogen) atoms. The van der Waals surface area contributed by atoms with Gasteiger partial charge >= 0.3 is 0 Å². The summed E-state index contributed by atoms with van der Waals surface area (Å²) in [6.07, 6.45) is 7.73. The summed E-state index contributed by atoms with van der Waals surface area (Å²) in [5.41, 5.74) is 0. The quantitative estimate of drug-likeness (QED) is 0.553. The Hall–Kier alpha value is -0.240. The predicted molar refractivity (Wildman–Crippen MR) is 40.7 cm³/mol. The molecule has 0 aromatic carbocycles. The lowest BCUT2D eigenvalue weighted by Crippen LogP contribution is -2.16. The minimum Gasteiger partial charge on any atom is -0.294 e. The summed E-state index contributed by atoms with van der Waals surface area (Å²) in [6.45, 7) is 0. The van der Waals surface area contributed by atoms with Gasteiger partial charge in [-0.05, 0) is 25.2 Å². The lowest BCUT2D eigenvalue weighted by Gasteiger charge is -2.12. The summed E-state index contributed by atoms with van der Waals surface area (Å²) >= 11 is 1.65. The molecule has 0 saturated heterocycles. The van der Waals surface area contributed by atoms with Crippen molar-refractivity contribution >= 4 is 17.5 Å². The molecule has 1 rings (SSSR count). The maximum atomic E-state index is 10.9. The summed E-state index contributed by atoms with van der Waals surface area (Å²) in [7, 11) is 0. The molecule has 0 spiro atoms. The van der Waals surface area contributed by atoms with E-state index in [9.17, 15) is 4.79 Å². The van der Waals surface area contributed by atoms with E-state index in [-0.39, 0.29) is 11.0 Å². The smallest absolute Gasteiger partial charge is 0.168 e. The van der Waals surface area contributed by atoms with E-state index >= 15 is 0 Å². The van der Waals surface area contributed by atoms with Gasteiger partial charge in [0.25, 0.3) is 0 Å². The van der Waals surface area contributed by atoms with E-state index < -0.39 is 0 Å². The topological polar surface area (TPSA) is 17.1 Å². The van der Waals surface area contributed by atoms with Gasteiger partial charge in [0, 0.05) is 0 Å². The summed E-state index contributed by atoms with van der Waals surface area (Å²) < 4.78 is 0. The Morgan fingerprint density at radius 2 is 2.56 bits per heavy atom. The minimum atomic E-state index is 0.245. The van der Waals surface area contributed by atoms with Crippen molar-refractivity contribution in [3.8, 4) is 0 Å². The highest BCUT2D eigenvalue weighted by Crippen LogP contribution is 2.18. The van der Waals surface area contributed by atoms with E-state index in [1.54, 1.807) is 17.8 Å². The molecule has 0 fully saturated rings. The van der Waals surface area contributed by atoms with E-state index in [0.717, 1.165) is 12.8 Å². The van der Waals surface area contributed by atoms with Gasteiger partial charge in [0.05, 0.1) is 5.25 Å². The maximum absolute atomic E-state index is 10.9. The molecule has 0 saturated carbocycles. The van der Waals surface area contributed by atoms with Gasteiger partial charge in [-0.15, -0.1) is 0 Å². The van der Waals surface area contributed by atoms with Crippen LogP contribution >= 0.6 is 11.8 Å². The Bertz CT molecular complexity index is 140. The molecule has 1 nitrogen and oxygen atoms in total. The third-order valence-electron chi connectivity index (χ3n) is 1.48. The standard InChI is InChI=1S/C7H10OS/c1-9-7-5-3-2-4-6(7)8/h2,4,7H,3,5H2,1H3. The SMILES string of the molecule is CSC1CCC=CC1=O. The van der Waals surface area contributed by atoms with E-state index in [1.165, 1.54) is 0 Å². The molecule has 1 atom stereocenters. The van der Waals surface area contributed by atoms with Gasteiger partial charge in [-0.25, -0.2) is 0 Å². The second-order valence-corrected chi connectivity index (χ2v) is 3.15. The summed E-state index contributed by atoms with van der Waals surface area (Å²) in [6, 6.07) is 0. The molecule has 2 heteroatoms. The molecule has 0 aromatic rings. The molecule has 0 heterocycles. The average molecular weight is 142 g/mol. The van der Waals surface area contributed by atoms with Gasteiger partial charge in [0.2, 0.25) is 0 Å². The van der Waals surface area contributed by atoms with Crippen LogP contribution in [0.4, 0.5) is 0 Å². The number of hydrogen-bond donors (Lipinski definition) is 0. The zero-order chi connectivity index (χ0) is 6.69. The molecule has 1 aliphatic rings. The van der Waals surface area contributed by atoms with Crippen LogP contribution in [0.5, 0.6) is 0 Å². The van der Waals surface area contributed by atoms with Crippen LogP contribution in [0, 0.1) is 0 Å². The molecular weight excluding hydrogens is 132 g/mol. The highest BCUT2D eigenvalue weighted by Gasteiger charge is 2.15. The summed E-state index contributed by atoms with van der Waals surface area (Å²) in [5, 5.41) is 0.245.